The van der Waals surface area contributed by atoms with Gasteiger partial charge in [-0.05, 0) is 35.1 Å². The van der Waals surface area contributed by atoms with E-state index in [0.29, 0.717) is 5.56 Å². The largest absolute Gasteiger partial charge is 0.480 e. The van der Waals surface area contributed by atoms with Crippen LogP contribution < -0.4 is 11.1 Å². The zero-order valence-corrected chi connectivity index (χ0v) is 12.2. The molecular formula is C10H11IN2O4S. The minimum Gasteiger partial charge on any atom is -0.480 e. The lowest BCUT2D eigenvalue weighted by Crippen LogP contribution is -2.41. The van der Waals surface area contributed by atoms with Crippen molar-refractivity contribution in [3.63, 3.8) is 0 Å². The molecule has 0 fully saturated rings. The number of thiophene rings is 1. The molecule has 98 valence electrons. The van der Waals surface area contributed by atoms with Gasteiger partial charge in [0.1, 0.15) is 6.04 Å². The number of hydrogen-bond donors (Lipinski definition) is 3. The van der Waals surface area contributed by atoms with Gasteiger partial charge in [-0.2, -0.15) is 0 Å². The summed E-state index contributed by atoms with van der Waals surface area (Å²) in [4.78, 5) is 33.3. The highest BCUT2D eigenvalue weighted by atomic mass is 127. The van der Waals surface area contributed by atoms with Gasteiger partial charge >= 0.3 is 5.97 Å². The predicted octanol–water partition coefficient (Wildman–Crippen LogP) is 0.801. The first-order chi connectivity index (χ1) is 8.40. The van der Waals surface area contributed by atoms with Crippen molar-refractivity contribution in [2.75, 3.05) is 0 Å². The first-order valence-electron chi connectivity index (χ1n) is 4.96. The van der Waals surface area contributed by atoms with Crippen LogP contribution in [0.2, 0.25) is 0 Å². The summed E-state index contributed by atoms with van der Waals surface area (Å²) in [5, 5.41) is 12.9. The van der Waals surface area contributed by atoms with E-state index in [1.54, 1.807) is 11.4 Å². The fraction of sp³-hybridized carbons (Fsp3) is 0.300. The van der Waals surface area contributed by atoms with Crippen LogP contribution in [0.15, 0.2) is 11.4 Å². The van der Waals surface area contributed by atoms with Crippen LogP contribution >= 0.6 is 33.9 Å². The molecule has 0 unspecified atom stereocenters. The van der Waals surface area contributed by atoms with Crippen LogP contribution in [-0.2, 0) is 9.59 Å². The number of carboxylic acid groups (broad SMARTS) is 1. The molecule has 2 amide bonds. The van der Waals surface area contributed by atoms with Crippen LogP contribution in [0, 0.1) is 2.88 Å². The standard InChI is InChI=1S/C10H11IN2O4S/c11-7-3-5(4-18-7)9(15)13-6(10(16)17)1-2-8(12)14/h3-4,6H,1-2H2,(H2,12,14)(H,13,15)(H,16,17)/t6-/m1/s1. The number of aliphatic carboxylic acids is 1. The molecule has 0 spiro atoms. The average molecular weight is 382 g/mol. The molecule has 1 aromatic heterocycles. The summed E-state index contributed by atoms with van der Waals surface area (Å²) in [6.45, 7) is 0. The molecule has 18 heavy (non-hydrogen) atoms. The van der Waals surface area contributed by atoms with E-state index in [1.165, 1.54) is 11.3 Å². The second-order valence-corrected chi connectivity index (χ2v) is 6.31. The minimum absolute atomic E-state index is 0.0162. The molecule has 6 nitrogen and oxygen atoms in total. The van der Waals surface area contributed by atoms with Gasteiger partial charge in [0.25, 0.3) is 5.91 Å². The molecule has 0 bridgehead atoms. The topological polar surface area (TPSA) is 109 Å². The second kappa shape index (κ2) is 6.69. The normalized spacial score (nSPS) is 11.8. The Kier molecular flexibility index (Phi) is 5.54. The molecule has 0 saturated carbocycles. The van der Waals surface area contributed by atoms with Crippen molar-refractivity contribution >= 4 is 51.7 Å². The Labute approximate surface area is 121 Å². The predicted molar refractivity (Wildman–Crippen MR) is 74.4 cm³/mol. The molecule has 4 N–H and O–H groups in total. The third-order valence-corrected chi connectivity index (χ3v) is 3.90. The average Bonchev–Trinajstić information content (AvgIpc) is 2.70. The van der Waals surface area contributed by atoms with Gasteiger partial charge in [0.05, 0.1) is 8.45 Å². The second-order valence-electron chi connectivity index (χ2n) is 3.51. The van der Waals surface area contributed by atoms with Crippen molar-refractivity contribution in [2.24, 2.45) is 5.73 Å². The molecule has 0 aliphatic rings. The van der Waals surface area contributed by atoms with Gasteiger partial charge in [-0.1, -0.05) is 0 Å². The quantitative estimate of drug-likeness (QED) is 0.633. The molecule has 0 aliphatic heterocycles. The van der Waals surface area contributed by atoms with E-state index in [0.717, 1.165) is 2.88 Å². The van der Waals surface area contributed by atoms with Gasteiger partial charge < -0.3 is 16.2 Å². The van der Waals surface area contributed by atoms with Crippen molar-refractivity contribution in [2.45, 2.75) is 18.9 Å². The number of hydrogen-bond acceptors (Lipinski definition) is 4. The van der Waals surface area contributed by atoms with E-state index >= 15 is 0 Å². The lowest BCUT2D eigenvalue weighted by Gasteiger charge is -2.12. The number of carbonyl (C=O) groups excluding carboxylic acids is 2. The van der Waals surface area contributed by atoms with Gasteiger partial charge in [-0.15, -0.1) is 11.3 Å². The number of carboxylic acids is 1. The fourth-order valence-electron chi connectivity index (χ4n) is 1.21. The Bertz CT molecular complexity index is 474. The Morgan fingerprint density at radius 1 is 1.50 bits per heavy atom. The third kappa shape index (κ3) is 4.61. The highest BCUT2D eigenvalue weighted by Gasteiger charge is 2.21. The van der Waals surface area contributed by atoms with Crippen LogP contribution in [0.1, 0.15) is 23.2 Å². The highest BCUT2D eigenvalue weighted by molar-refractivity contribution is 14.1. The fourth-order valence-corrected chi connectivity index (χ4v) is 2.54. The smallest absolute Gasteiger partial charge is 0.326 e. The Hall–Kier alpha value is -1.16. The zero-order chi connectivity index (χ0) is 13.7. The number of amides is 2. The summed E-state index contributed by atoms with van der Waals surface area (Å²) in [6.07, 6.45) is -0.101. The maximum absolute atomic E-state index is 11.7. The molecule has 0 aliphatic carbocycles. The summed E-state index contributed by atoms with van der Waals surface area (Å²) in [5.74, 6) is -2.25. The molecule has 0 saturated heterocycles. The minimum atomic E-state index is -1.19. The number of halogens is 1. The Morgan fingerprint density at radius 3 is 2.61 bits per heavy atom. The third-order valence-electron chi connectivity index (χ3n) is 2.11. The van der Waals surface area contributed by atoms with Gasteiger partial charge in [0, 0.05) is 11.8 Å². The first-order valence-corrected chi connectivity index (χ1v) is 6.92. The maximum atomic E-state index is 11.7. The van der Waals surface area contributed by atoms with Crippen molar-refractivity contribution in [1.82, 2.24) is 5.32 Å². The number of nitrogens with one attached hydrogen (secondary N) is 1. The molecule has 0 aromatic carbocycles. The SMILES string of the molecule is NC(=O)CC[C@@H](NC(=O)c1csc(I)c1)C(=O)O. The number of carbonyl (C=O) groups is 3. The molecule has 1 heterocycles. The van der Waals surface area contributed by atoms with E-state index in [4.69, 9.17) is 10.8 Å². The molecule has 1 rings (SSSR count). The lowest BCUT2D eigenvalue weighted by molar-refractivity contribution is -0.139. The maximum Gasteiger partial charge on any atom is 0.326 e. The molecular weight excluding hydrogens is 371 g/mol. The van der Waals surface area contributed by atoms with E-state index in [2.05, 4.69) is 27.9 Å². The lowest BCUT2D eigenvalue weighted by atomic mass is 10.1. The molecule has 0 radical (unpaired) electrons. The highest BCUT2D eigenvalue weighted by Crippen LogP contribution is 2.16. The van der Waals surface area contributed by atoms with Crippen LogP contribution in [0.4, 0.5) is 0 Å². The van der Waals surface area contributed by atoms with Gasteiger partial charge in [-0.25, -0.2) is 4.79 Å². The van der Waals surface area contributed by atoms with E-state index < -0.39 is 23.8 Å². The number of rotatable bonds is 6. The zero-order valence-electron chi connectivity index (χ0n) is 9.18. The van der Waals surface area contributed by atoms with Crippen LogP contribution in [-0.4, -0.2) is 28.9 Å². The van der Waals surface area contributed by atoms with Crippen molar-refractivity contribution in [3.05, 3.63) is 19.9 Å². The Balaban J connectivity index is 2.63. The first kappa shape index (κ1) is 14.9. The molecule has 8 heteroatoms. The summed E-state index contributed by atoms with van der Waals surface area (Å²) >= 11 is 3.46. The Morgan fingerprint density at radius 2 is 2.17 bits per heavy atom. The molecule has 1 aromatic rings. The monoisotopic (exact) mass is 382 g/mol. The van der Waals surface area contributed by atoms with Crippen LogP contribution in [0.25, 0.3) is 0 Å². The van der Waals surface area contributed by atoms with E-state index in [-0.39, 0.29) is 12.8 Å². The van der Waals surface area contributed by atoms with E-state index in [9.17, 15) is 14.4 Å². The van der Waals surface area contributed by atoms with Gasteiger partial charge in [-0.3, -0.25) is 9.59 Å². The number of primary amides is 1. The van der Waals surface area contributed by atoms with Crippen LogP contribution in [0.3, 0.4) is 0 Å². The van der Waals surface area contributed by atoms with Crippen molar-refractivity contribution < 1.29 is 19.5 Å². The summed E-state index contributed by atoms with van der Waals surface area (Å²) < 4.78 is 0.932. The summed E-state index contributed by atoms with van der Waals surface area (Å²) in [5.41, 5.74) is 5.35. The summed E-state index contributed by atoms with van der Waals surface area (Å²) in [6, 6.07) is 0.552. The van der Waals surface area contributed by atoms with Crippen molar-refractivity contribution in [3.8, 4) is 0 Å². The van der Waals surface area contributed by atoms with Gasteiger partial charge in [0.15, 0.2) is 0 Å². The summed E-state index contributed by atoms with van der Waals surface area (Å²) in [7, 11) is 0. The van der Waals surface area contributed by atoms with Crippen LogP contribution in [0.5, 0.6) is 0 Å². The van der Waals surface area contributed by atoms with Gasteiger partial charge in [0.2, 0.25) is 5.91 Å². The van der Waals surface area contributed by atoms with E-state index in [1.807, 2.05) is 0 Å². The number of nitrogens with two attached hydrogens (primary N) is 1. The molecule has 1 atom stereocenters. The van der Waals surface area contributed by atoms with Crippen molar-refractivity contribution in [1.29, 1.82) is 0 Å².